The van der Waals surface area contributed by atoms with Gasteiger partial charge in [0.1, 0.15) is 5.82 Å². The van der Waals surface area contributed by atoms with Crippen LogP contribution in [0, 0.1) is 5.82 Å². The van der Waals surface area contributed by atoms with E-state index >= 15 is 0 Å². The maximum absolute atomic E-state index is 13.9. The number of benzene rings is 2. The number of rotatable bonds is 4. The van der Waals surface area contributed by atoms with Crippen LogP contribution >= 0.6 is 11.8 Å². The Kier molecular flexibility index (Phi) is 4.63. The molecule has 0 aliphatic carbocycles. The monoisotopic (exact) mass is 291 g/mol. The van der Waals surface area contributed by atoms with Gasteiger partial charge in [0.25, 0.3) is 0 Å². The fraction of sp³-hybridized carbons (Fsp3) is 0.133. The third kappa shape index (κ3) is 3.30. The molecule has 0 aliphatic heterocycles. The average molecular weight is 291 g/mol. The van der Waals surface area contributed by atoms with Gasteiger partial charge in [0.15, 0.2) is 0 Å². The summed E-state index contributed by atoms with van der Waals surface area (Å²) in [6, 6.07) is 11.9. The highest BCUT2D eigenvalue weighted by Crippen LogP contribution is 2.32. The van der Waals surface area contributed by atoms with Gasteiger partial charge in [-0.15, -0.1) is 0 Å². The van der Waals surface area contributed by atoms with Crippen molar-refractivity contribution in [1.82, 2.24) is 0 Å². The number of nitrogens with two attached hydrogens (primary N) is 1. The lowest BCUT2D eigenvalue weighted by Crippen LogP contribution is -2.08. The molecule has 0 atom stereocenters. The Morgan fingerprint density at radius 1 is 1.30 bits per heavy atom. The molecule has 2 aromatic carbocycles. The zero-order valence-electron chi connectivity index (χ0n) is 10.9. The van der Waals surface area contributed by atoms with Crippen molar-refractivity contribution in [2.75, 3.05) is 12.3 Å². The van der Waals surface area contributed by atoms with E-state index in [1.54, 1.807) is 6.92 Å². The van der Waals surface area contributed by atoms with Gasteiger partial charge in [-0.25, -0.2) is 9.18 Å². The van der Waals surface area contributed by atoms with Crippen LogP contribution in [0.3, 0.4) is 0 Å². The highest BCUT2D eigenvalue weighted by molar-refractivity contribution is 7.99. The highest BCUT2D eigenvalue weighted by Gasteiger charge is 2.15. The first-order valence-corrected chi connectivity index (χ1v) is 6.92. The molecule has 0 spiro atoms. The van der Waals surface area contributed by atoms with Gasteiger partial charge in [-0.05, 0) is 31.2 Å². The lowest BCUT2D eigenvalue weighted by molar-refractivity contribution is 0.0527. The molecule has 0 unspecified atom stereocenters. The molecule has 3 nitrogen and oxygen atoms in total. The van der Waals surface area contributed by atoms with Crippen molar-refractivity contribution in [1.29, 1.82) is 0 Å². The molecule has 0 fully saturated rings. The summed E-state index contributed by atoms with van der Waals surface area (Å²) in [4.78, 5) is 13.0. The first kappa shape index (κ1) is 14.4. The predicted molar refractivity (Wildman–Crippen MR) is 77.3 cm³/mol. The summed E-state index contributed by atoms with van der Waals surface area (Å²) in [7, 11) is 0. The Labute approximate surface area is 120 Å². The minimum Gasteiger partial charge on any atom is -0.462 e. The Morgan fingerprint density at radius 2 is 2.00 bits per heavy atom. The molecule has 0 bridgehead atoms. The van der Waals surface area contributed by atoms with E-state index in [2.05, 4.69) is 0 Å². The summed E-state index contributed by atoms with van der Waals surface area (Å²) >= 11 is 1.23. The number of esters is 1. The van der Waals surface area contributed by atoms with Crippen LogP contribution in [0.2, 0.25) is 0 Å². The van der Waals surface area contributed by atoms with Gasteiger partial charge in [0.05, 0.1) is 12.2 Å². The van der Waals surface area contributed by atoms with E-state index in [1.807, 2.05) is 30.3 Å². The van der Waals surface area contributed by atoms with E-state index in [1.165, 1.54) is 17.8 Å². The molecule has 0 saturated carbocycles. The molecule has 5 heteroatoms. The minimum atomic E-state index is -0.542. The third-order valence-electron chi connectivity index (χ3n) is 2.57. The summed E-state index contributed by atoms with van der Waals surface area (Å²) in [6.07, 6.45) is 0. The predicted octanol–water partition coefficient (Wildman–Crippen LogP) is 3.74. The quantitative estimate of drug-likeness (QED) is 0.688. The number of anilines is 1. The molecule has 0 aliphatic rings. The van der Waals surface area contributed by atoms with Gasteiger partial charge in [-0.2, -0.15) is 0 Å². The lowest BCUT2D eigenvalue weighted by atomic mass is 10.2. The number of carbonyl (C=O) groups excluding carboxylic acids is 1. The van der Waals surface area contributed by atoms with Crippen molar-refractivity contribution in [3.8, 4) is 0 Å². The van der Waals surface area contributed by atoms with Gasteiger partial charge in [0.2, 0.25) is 0 Å². The lowest BCUT2D eigenvalue weighted by Gasteiger charge is -2.09. The SMILES string of the molecule is CCOC(=O)c1cc(Sc2ccccc2)c(F)cc1N. The largest absolute Gasteiger partial charge is 0.462 e. The number of hydrogen-bond donors (Lipinski definition) is 1. The standard InChI is InChI=1S/C15H14FNO2S/c1-2-19-15(18)11-8-14(12(16)9-13(11)17)20-10-6-4-3-5-7-10/h3-9H,2,17H2,1H3. The first-order chi connectivity index (χ1) is 9.61. The molecule has 2 aromatic rings. The van der Waals surface area contributed by atoms with Crippen molar-refractivity contribution in [3.05, 3.63) is 53.8 Å². The number of halogens is 1. The van der Waals surface area contributed by atoms with Gasteiger partial charge in [-0.1, -0.05) is 30.0 Å². The maximum Gasteiger partial charge on any atom is 0.340 e. The van der Waals surface area contributed by atoms with Crippen LogP contribution in [0.4, 0.5) is 10.1 Å². The van der Waals surface area contributed by atoms with Crippen molar-refractivity contribution in [2.45, 2.75) is 16.7 Å². The molecule has 0 heterocycles. The summed E-state index contributed by atoms with van der Waals surface area (Å²) in [5, 5.41) is 0. The second-order valence-electron chi connectivity index (χ2n) is 4.01. The highest BCUT2D eigenvalue weighted by atomic mass is 32.2. The van der Waals surface area contributed by atoms with Gasteiger partial charge < -0.3 is 10.5 Å². The van der Waals surface area contributed by atoms with Crippen LogP contribution < -0.4 is 5.73 Å². The van der Waals surface area contributed by atoms with Crippen LogP contribution in [0.1, 0.15) is 17.3 Å². The zero-order valence-corrected chi connectivity index (χ0v) is 11.7. The second-order valence-corrected chi connectivity index (χ2v) is 5.12. The van der Waals surface area contributed by atoms with Crippen molar-refractivity contribution < 1.29 is 13.9 Å². The number of ether oxygens (including phenoxy) is 1. The van der Waals surface area contributed by atoms with Crippen LogP contribution in [0.25, 0.3) is 0 Å². The van der Waals surface area contributed by atoms with Crippen LogP contribution in [-0.4, -0.2) is 12.6 Å². The molecule has 0 amide bonds. The van der Waals surface area contributed by atoms with E-state index in [0.29, 0.717) is 4.90 Å². The Morgan fingerprint density at radius 3 is 2.65 bits per heavy atom. The molecule has 2 rings (SSSR count). The Bertz CT molecular complexity index is 617. The third-order valence-corrected chi connectivity index (χ3v) is 3.61. The molecule has 2 N–H and O–H groups in total. The van der Waals surface area contributed by atoms with Gasteiger partial charge in [-0.3, -0.25) is 0 Å². The van der Waals surface area contributed by atoms with Crippen molar-refractivity contribution >= 4 is 23.4 Å². The molecular formula is C15H14FNO2S. The van der Waals surface area contributed by atoms with E-state index in [-0.39, 0.29) is 17.9 Å². The average Bonchev–Trinajstić information content (AvgIpc) is 2.43. The summed E-state index contributed by atoms with van der Waals surface area (Å²) in [6.45, 7) is 1.95. The van der Waals surface area contributed by atoms with Crippen molar-refractivity contribution in [2.24, 2.45) is 0 Å². The Hall–Kier alpha value is -2.01. The van der Waals surface area contributed by atoms with E-state index in [0.717, 1.165) is 11.0 Å². The molecule has 0 saturated heterocycles. The summed E-state index contributed by atoms with van der Waals surface area (Å²) in [5.74, 6) is -0.996. The van der Waals surface area contributed by atoms with Crippen LogP contribution in [0.5, 0.6) is 0 Å². The van der Waals surface area contributed by atoms with Gasteiger partial charge >= 0.3 is 5.97 Å². The molecule has 0 aromatic heterocycles. The summed E-state index contributed by atoms with van der Waals surface area (Å²) in [5.41, 5.74) is 5.93. The van der Waals surface area contributed by atoms with E-state index < -0.39 is 11.8 Å². The number of nitrogen functional groups attached to an aromatic ring is 1. The first-order valence-electron chi connectivity index (χ1n) is 6.11. The molecular weight excluding hydrogens is 277 g/mol. The van der Waals surface area contributed by atoms with Gasteiger partial charge in [0, 0.05) is 15.5 Å². The topological polar surface area (TPSA) is 52.3 Å². The van der Waals surface area contributed by atoms with E-state index in [4.69, 9.17) is 10.5 Å². The molecule has 20 heavy (non-hydrogen) atoms. The second kappa shape index (κ2) is 6.43. The van der Waals surface area contributed by atoms with Crippen LogP contribution in [0.15, 0.2) is 52.3 Å². The minimum absolute atomic E-state index is 0.0818. The van der Waals surface area contributed by atoms with Crippen LogP contribution in [-0.2, 0) is 4.74 Å². The maximum atomic E-state index is 13.9. The van der Waals surface area contributed by atoms with Crippen molar-refractivity contribution in [3.63, 3.8) is 0 Å². The van der Waals surface area contributed by atoms with E-state index in [9.17, 15) is 9.18 Å². The fourth-order valence-electron chi connectivity index (χ4n) is 1.65. The smallest absolute Gasteiger partial charge is 0.340 e. The molecule has 0 radical (unpaired) electrons. The summed E-state index contributed by atoms with van der Waals surface area (Å²) < 4.78 is 18.8. The molecule has 104 valence electrons. The Balaban J connectivity index is 2.34. The zero-order chi connectivity index (χ0) is 14.5. The number of hydrogen-bond acceptors (Lipinski definition) is 4. The number of carbonyl (C=O) groups is 1. The fourth-order valence-corrected chi connectivity index (χ4v) is 2.53. The normalized spacial score (nSPS) is 10.3.